The van der Waals surface area contributed by atoms with E-state index in [0.717, 1.165) is 33.7 Å². The van der Waals surface area contributed by atoms with Crippen molar-refractivity contribution in [3.05, 3.63) is 51.2 Å². The standard InChI is InChI=1S/C15H14O2S/c1-9-5-6-18-15(9)14(16)11-3-4-13-12(8-11)7-10(2)17-13/h3-6,8,10H,7H2,1-2H3. The van der Waals surface area contributed by atoms with Crippen LogP contribution in [0.4, 0.5) is 0 Å². The molecular formula is C15H14O2S. The van der Waals surface area contributed by atoms with Gasteiger partial charge in [0.05, 0.1) is 4.88 Å². The second-order valence-electron chi connectivity index (χ2n) is 4.72. The molecule has 0 aliphatic carbocycles. The minimum atomic E-state index is 0.116. The van der Waals surface area contributed by atoms with Gasteiger partial charge in [-0.2, -0.15) is 0 Å². The number of rotatable bonds is 2. The molecule has 0 fully saturated rings. The van der Waals surface area contributed by atoms with Crippen molar-refractivity contribution in [3.8, 4) is 5.75 Å². The zero-order chi connectivity index (χ0) is 12.7. The molecule has 2 heterocycles. The SMILES string of the molecule is Cc1ccsc1C(=O)c1ccc2c(c1)CC(C)O2. The maximum absolute atomic E-state index is 12.4. The predicted molar refractivity (Wildman–Crippen MR) is 72.7 cm³/mol. The molecule has 1 aliphatic rings. The summed E-state index contributed by atoms with van der Waals surface area (Å²) in [5, 5.41) is 1.96. The molecule has 0 saturated heterocycles. The molecule has 1 aromatic carbocycles. The molecule has 3 rings (SSSR count). The Morgan fingerprint density at radius 2 is 2.22 bits per heavy atom. The third kappa shape index (κ3) is 1.85. The van der Waals surface area contributed by atoms with E-state index in [1.165, 1.54) is 11.3 Å². The van der Waals surface area contributed by atoms with Crippen molar-refractivity contribution in [2.45, 2.75) is 26.4 Å². The lowest BCUT2D eigenvalue weighted by atomic mass is 10.0. The molecule has 1 atom stereocenters. The van der Waals surface area contributed by atoms with Gasteiger partial charge in [0, 0.05) is 12.0 Å². The molecule has 18 heavy (non-hydrogen) atoms. The lowest BCUT2D eigenvalue weighted by molar-refractivity contribution is 0.104. The van der Waals surface area contributed by atoms with Crippen molar-refractivity contribution < 1.29 is 9.53 Å². The van der Waals surface area contributed by atoms with E-state index in [0.29, 0.717) is 0 Å². The Labute approximate surface area is 110 Å². The summed E-state index contributed by atoms with van der Waals surface area (Å²) < 4.78 is 5.65. The molecule has 2 aromatic rings. The second-order valence-corrected chi connectivity index (χ2v) is 5.63. The van der Waals surface area contributed by atoms with Crippen LogP contribution in [0.15, 0.2) is 29.6 Å². The number of aryl methyl sites for hydroxylation is 1. The summed E-state index contributed by atoms with van der Waals surface area (Å²) in [7, 11) is 0. The van der Waals surface area contributed by atoms with E-state index < -0.39 is 0 Å². The summed E-state index contributed by atoms with van der Waals surface area (Å²) >= 11 is 1.51. The van der Waals surface area contributed by atoms with Gasteiger partial charge in [0.25, 0.3) is 0 Å². The quantitative estimate of drug-likeness (QED) is 0.769. The summed E-state index contributed by atoms with van der Waals surface area (Å²) in [6.45, 7) is 4.02. The van der Waals surface area contributed by atoms with E-state index in [2.05, 4.69) is 0 Å². The van der Waals surface area contributed by atoms with Gasteiger partial charge in [0.2, 0.25) is 5.78 Å². The molecule has 0 bridgehead atoms. The lowest BCUT2D eigenvalue weighted by Crippen LogP contribution is -2.05. The highest BCUT2D eigenvalue weighted by molar-refractivity contribution is 7.12. The molecule has 1 aromatic heterocycles. The Morgan fingerprint density at radius 3 is 2.94 bits per heavy atom. The summed E-state index contributed by atoms with van der Waals surface area (Å²) in [4.78, 5) is 13.2. The van der Waals surface area contributed by atoms with Crippen molar-refractivity contribution in [1.82, 2.24) is 0 Å². The van der Waals surface area contributed by atoms with Gasteiger partial charge in [-0.3, -0.25) is 4.79 Å². The van der Waals surface area contributed by atoms with E-state index in [9.17, 15) is 4.79 Å². The van der Waals surface area contributed by atoms with Crippen LogP contribution in [0.25, 0.3) is 0 Å². The summed E-state index contributed by atoms with van der Waals surface area (Å²) in [6.07, 6.45) is 1.11. The van der Waals surface area contributed by atoms with Gasteiger partial charge in [-0.05, 0) is 54.6 Å². The Balaban J connectivity index is 1.97. The van der Waals surface area contributed by atoms with Crippen LogP contribution in [0.1, 0.15) is 33.3 Å². The number of carbonyl (C=O) groups is 1. The van der Waals surface area contributed by atoms with Gasteiger partial charge in [-0.15, -0.1) is 11.3 Å². The molecule has 0 N–H and O–H groups in total. The zero-order valence-electron chi connectivity index (χ0n) is 10.4. The van der Waals surface area contributed by atoms with Crippen molar-refractivity contribution in [3.63, 3.8) is 0 Å². The summed E-state index contributed by atoms with van der Waals surface area (Å²) in [5.74, 6) is 1.03. The van der Waals surface area contributed by atoms with E-state index >= 15 is 0 Å². The van der Waals surface area contributed by atoms with Crippen LogP contribution in [-0.4, -0.2) is 11.9 Å². The number of benzene rings is 1. The first-order valence-corrected chi connectivity index (χ1v) is 6.91. The smallest absolute Gasteiger partial charge is 0.203 e. The highest BCUT2D eigenvalue weighted by Crippen LogP contribution is 2.30. The normalized spacial score (nSPS) is 17.3. The van der Waals surface area contributed by atoms with Gasteiger partial charge in [0.1, 0.15) is 11.9 Å². The van der Waals surface area contributed by atoms with Crippen LogP contribution in [0.5, 0.6) is 5.75 Å². The molecule has 0 radical (unpaired) electrons. The molecule has 2 nitrogen and oxygen atoms in total. The number of carbonyl (C=O) groups excluding carboxylic acids is 1. The molecule has 3 heteroatoms. The average Bonchev–Trinajstić information content (AvgIpc) is 2.91. The van der Waals surface area contributed by atoms with Crippen LogP contribution in [0.3, 0.4) is 0 Å². The van der Waals surface area contributed by atoms with Crippen LogP contribution in [0, 0.1) is 6.92 Å². The van der Waals surface area contributed by atoms with Gasteiger partial charge in [-0.25, -0.2) is 0 Å². The van der Waals surface area contributed by atoms with E-state index in [-0.39, 0.29) is 11.9 Å². The Bertz CT molecular complexity index is 613. The largest absolute Gasteiger partial charge is 0.490 e. The first-order valence-electron chi connectivity index (χ1n) is 6.03. The molecule has 0 saturated carbocycles. The first kappa shape index (κ1) is 11.5. The van der Waals surface area contributed by atoms with E-state index in [1.807, 2.05) is 43.5 Å². The number of hydrogen-bond donors (Lipinski definition) is 0. The molecule has 0 spiro atoms. The van der Waals surface area contributed by atoms with Gasteiger partial charge in [0.15, 0.2) is 0 Å². The molecule has 1 aliphatic heterocycles. The van der Waals surface area contributed by atoms with Crippen LogP contribution in [-0.2, 0) is 6.42 Å². The lowest BCUT2D eigenvalue weighted by Gasteiger charge is -2.03. The molecule has 92 valence electrons. The van der Waals surface area contributed by atoms with Crippen molar-refractivity contribution in [2.24, 2.45) is 0 Å². The fraction of sp³-hybridized carbons (Fsp3) is 0.267. The number of ketones is 1. The van der Waals surface area contributed by atoms with Crippen LogP contribution in [0.2, 0.25) is 0 Å². The Kier molecular flexibility index (Phi) is 2.71. The monoisotopic (exact) mass is 258 g/mol. The molecule has 1 unspecified atom stereocenters. The minimum Gasteiger partial charge on any atom is -0.490 e. The Morgan fingerprint density at radius 1 is 1.39 bits per heavy atom. The molecular weight excluding hydrogens is 244 g/mol. The maximum Gasteiger partial charge on any atom is 0.203 e. The number of hydrogen-bond acceptors (Lipinski definition) is 3. The van der Waals surface area contributed by atoms with E-state index in [4.69, 9.17) is 4.74 Å². The molecule has 0 amide bonds. The highest BCUT2D eigenvalue weighted by Gasteiger charge is 2.21. The average molecular weight is 258 g/mol. The Hall–Kier alpha value is -1.61. The van der Waals surface area contributed by atoms with E-state index in [1.54, 1.807) is 0 Å². The van der Waals surface area contributed by atoms with Crippen LogP contribution < -0.4 is 4.74 Å². The fourth-order valence-corrected chi connectivity index (χ4v) is 3.19. The van der Waals surface area contributed by atoms with Crippen molar-refractivity contribution in [2.75, 3.05) is 0 Å². The fourth-order valence-electron chi connectivity index (χ4n) is 2.30. The predicted octanol–water partition coefficient (Wildman–Crippen LogP) is 3.61. The first-order chi connectivity index (χ1) is 8.65. The van der Waals surface area contributed by atoms with Gasteiger partial charge in [-0.1, -0.05) is 0 Å². The minimum absolute atomic E-state index is 0.116. The van der Waals surface area contributed by atoms with Crippen molar-refractivity contribution >= 4 is 17.1 Å². The third-order valence-corrected chi connectivity index (χ3v) is 4.24. The third-order valence-electron chi connectivity index (χ3n) is 3.23. The summed E-state index contributed by atoms with van der Waals surface area (Å²) in [6, 6.07) is 7.73. The topological polar surface area (TPSA) is 26.3 Å². The van der Waals surface area contributed by atoms with Crippen LogP contribution >= 0.6 is 11.3 Å². The zero-order valence-corrected chi connectivity index (χ0v) is 11.2. The number of ether oxygens (including phenoxy) is 1. The number of fused-ring (bicyclic) bond motifs is 1. The second kappa shape index (κ2) is 4.25. The van der Waals surface area contributed by atoms with Gasteiger partial charge >= 0.3 is 0 Å². The van der Waals surface area contributed by atoms with Crippen molar-refractivity contribution in [1.29, 1.82) is 0 Å². The highest BCUT2D eigenvalue weighted by atomic mass is 32.1. The van der Waals surface area contributed by atoms with Gasteiger partial charge < -0.3 is 4.74 Å². The maximum atomic E-state index is 12.4. The number of thiophene rings is 1. The summed E-state index contributed by atoms with van der Waals surface area (Å²) in [5.41, 5.74) is 2.95.